The third-order valence-electron chi connectivity index (χ3n) is 5.03. The average Bonchev–Trinajstić information content (AvgIpc) is 2.97. The summed E-state index contributed by atoms with van der Waals surface area (Å²) in [6.07, 6.45) is 4.35. The molecular weight excluding hydrogens is 250 g/mol. The van der Waals surface area contributed by atoms with Crippen LogP contribution in [-0.4, -0.2) is 48.5 Å². The highest BCUT2D eigenvalue weighted by Gasteiger charge is 2.37. The second kappa shape index (κ2) is 6.25. The number of ether oxygens (including phenoxy) is 1. The van der Waals surface area contributed by atoms with Gasteiger partial charge in [-0.05, 0) is 37.2 Å². The summed E-state index contributed by atoms with van der Waals surface area (Å²) in [4.78, 5) is 2.44. The van der Waals surface area contributed by atoms with Crippen molar-refractivity contribution < 1.29 is 9.84 Å². The molecular formula is C17H25NO2. The van der Waals surface area contributed by atoms with E-state index in [2.05, 4.69) is 35.2 Å². The van der Waals surface area contributed by atoms with Crippen molar-refractivity contribution in [3.05, 3.63) is 35.9 Å². The number of likely N-dealkylation sites (tertiary alicyclic amines) is 1. The highest BCUT2D eigenvalue weighted by atomic mass is 16.5. The Morgan fingerprint density at radius 3 is 2.65 bits per heavy atom. The van der Waals surface area contributed by atoms with E-state index in [1.807, 2.05) is 0 Å². The average molecular weight is 275 g/mol. The van der Waals surface area contributed by atoms with Gasteiger partial charge in [0, 0.05) is 26.2 Å². The molecule has 3 heteroatoms. The van der Waals surface area contributed by atoms with E-state index in [1.54, 1.807) is 7.11 Å². The molecule has 3 nitrogen and oxygen atoms in total. The molecule has 1 aromatic rings. The molecule has 0 radical (unpaired) electrons. The quantitative estimate of drug-likeness (QED) is 0.919. The lowest BCUT2D eigenvalue weighted by molar-refractivity contribution is 0.0153. The largest absolute Gasteiger partial charge is 0.391 e. The molecule has 1 aliphatic carbocycles. The predicted molar refractivity (Wildman–Crippen MR) is 79.8 cm³/mol. The molecule has 0 aromatic heterocycles. The fraction of sp³-hybridized carbons (Fsp3) is 0.647. The van der Waals surface area contributed by atoms with Crippen LogP contribution in [0, 0.1) is 0 Å². The second-order valence-electron chi connectivity index (χ2n) is 6.20. The molecule has 2 fully saturated rings. The maximum absolute atomic E-state index is 10.4. The Kier molecular flexibility index (Phi) is 4.39. The van der Waals surface area contributed by atoms with Crippen LogP contribution in [0.5, 0.6) is 0 Å². The summed E-state index contributed by atoms with van der Waals surface area (Å²) in [5.41, 5.74) is 1.42. The number of methoxy groups -OCH3 is 1. The van der Waals surface area contributed by atoms with Crippen LogP contribution in [0.25, 0.3) is 0 Å². The predicted octanol–water partition coefficient (Wildman–Crippen LogP) is 2.40. The normalized spacial score (nSPS) is 35.3. The number of nitrogens with zero attached hydrogens (tertiary/aromatic N) is 1. The van der Waals surface area contributed by atoms with Gasteiger partial charge in [-0.15, -0.1) is 0 Å². The third kappa shape index (κ3) is 2.90. The molecule has 4 atom stereocenters. The van der Waals surface area contributed by atoms with E-state index in [0.717, 1.165) is 38.8 Å². The van der Waals surface area contributed by atoms with Gasteiger partial charge in [0.25, 0.3) is 0 Å². The van der Waals surface area contributed by atoms with Gasteiger partial charge in [-0.3, -0.25) is 4.90 Å². The van der Waals surface area contributed by atoms with Crippen LogP contribution in [0.4, 0.5) is 0 Å². The first-order chi connectivity index (χ1) is 9.78. The van der Waals surface area contributed by atoms with Gasteiger partial charge in [0.15, 0.2) is 0 Å². The van der Waals surface area contributed by atoms with E-state index in [1.165, 1.54) is 5.56 Å². The van der Waals surface area contributed by atoms with Crippen molar-refractivity contribution >= 4 is 0 Å². The molecule has 20 heavy (non-hydrogen) atoms. The van der Waals surface area contributed by atoms with E-state index in [9.17, 15) is 5.11 Å². The molecule has 0 bridgehead atoms. The minimum absolute atomic E-state index is 0.175. The number of aliphatic hydroxyl groups is 1. The Morgan fingerprint density at radius 2 is 1.95 bits per heavy atom. The highest BCUT2D eigenvalue weighted by molar-refractivity contribution is 5.20. The molecule has 4 unspecified atom stereocenters. The van der Waals surface area contributed by atoms with E-state index in [0.29, 0.717) is 18.1 Å². The van der Waals surface area contributed by atoms with Crippen molar-refractivity contribution in [1.29, 1.82) is 0 Å². The summed E-state index contributed by atoms with van der Waals surface area (Å²) in [5, 5.41) is 10.4. The molecule has 2 aliphatic rings. The van der Waals surface area contributed by atoms with Crippen LogP contribution in [-0.2, 0) is 4.74 Å². The molecule has 1 saturated heterocycles. The summed E-state index contributed by atoms with van der Waals surface area (Å²) in [5.74, 6) is 0.589. The van der Waals surface area contributed by atoms with Crippen LogP contribution in [0.1, 0.15) is 37.2 Å². The van der Waals surface area contributed by atoms with Gasteiger partial charge in [0.2, 0.25) is 0 Å². The first-order valence-electron chi connectivity index (χ1n) is 7.77. The van der Waals surface area contributed by atoms with Crippen LogP contribution >= 0.6 is 0 Å². The lowest BCUT2D eigenvalue weighted by Crippen LogP contribution is -2.46. The van der Waals surface area contributed by atoms with E-state index >= 15 is 0 Å². The van der Waals surface area contributed by atoms with E-state index in [-0.39, 0.29) is 6.10 Å². The minimum atomic E-state index is -0.175. The van der Waals surface area contributed by atoms with Gasteiger partial charge < -0.3 is 9.84 Å². The first kappa shape index (κ1) is 14.1. The fourth-order valence-electron chi connectivity index (χ4n) is 3.80. The molecule has 1 aliphatic heterocycles. The Morgan fingerprint density at radius 1 is 1.15 bits per heavy atom. The van der Waals surface area contributed by atoms with Gasteiger partial charge >= 0.3 is 0 Å². The fourth-order valence-corrected chi connectivity index (χ4v) is 3.80. The van der Waals surface area contributed by atoms with Crippen LogP contribution in [0.15, 0.2) is 30.3 Å². The second-order valence-corrected chi connectivity index (χ2v) is 6.20. The summed E-state index contributed by atoms with van der Waals surface area (Å²) in [6.45, 7) is 2.03. The summed E-state index contributed by atoms with van der Waals surface area (Å²) < 4.78 is 5.46. The van der Waals surface area contributed by atoms with Gasteiger partial charge in [-0.2, -0.15) is 0 Å². The zero-order chi connectivity index (χ0) is 13.9. The first-order valence-corrected chi connectivity index (χ1v) is 7.77. The monoisotopic (exact) mass is 275 g/mol. The van der Waals surface area contributed by atoms with Crippen LogP contribution in [0.2, 0.25) is 0 Å². The number of hydrogen-bond donors (Lipinski definition) is 1. The zero-order valence-corrected chi connectivity index (χ0v) is 12.2. The Hall–Kier alpha value is -0.900. The van der Waals surface area contributed by atoms with E-state index < -0.39 is 0 Å². The molecule has 0 amide bonds. The minimum Gasteiger partial charge on any atom is -0.391 e. The molecule has 1 saturated carbocycles. The molecule has 110 valence electrons. The standard InChI is InChI=1S/C17H25NO2/c1-20-15-9-10-18(12-15)16-11-14(7-8-17(16)19)13-5-3-2-4-6-13/h2-6,14-17,19H,7-12H2,1H3. The van der Waals surface area contributed by atoms with Crippen molar-refractivity contribution in [1.82, 2.24) is 4.90 Å². The van der Waals surface area contributed by atoms with Gasteiger partial charge in [0.05, 0.1) is 12.2 Å². The van der Waals surface area contributed by atoms with Crippen molar-refractivity contribution in [2.45, 2.75) is 49.9 Å². The number of rotatable bonds is 3. The van der Waals surface area contributed by atoms with Gasteiger partial charge in [-0.25, -0.2) is 0 Å². The maximum Gasteiger partial charge on any atom is 0.0710 e. The van der Waals surface area contributed by atoms with Crippen LogP contribution in [0.3, 0.4) is 0 Å². The molecule has 1 heterocycles. The van der Waals surface area contributed by atoms with Gasteiger partial charge in [0.1, 0.15) is 0 Å². The molecule has 3 rings (SSSR count). The topological polar surface area (TPSA) is 32.7 Å². The lowest BCUT2D eigenvalue weighted by atomic mass is 9.79. The smallest absolute Gasteiger partial charge is 0.0710 e. The highest BCUT2D eigenvalue weighted by Crippen LogP contribution is 2.36. The lowest BCUT2D eigenvalue weighted by Gasteiger charge is -2.39. The van der Waals surface area contributed by atoms with Crippen molar-refractivity contribution in [2.24, 2.45) is 0 Å². The zero-order valence-electron chi connectivity index (χ0n) is 12.2. The number of benzene rings is 1. The van der Waals surface area contributed by atoms with Crippen molar-refractivity contribution in [2.75, 3.05) is 20.2 Å². The summed E-state index contributed by atoms with van der Waals surface area (Å²) in [6, 6.07) is 11.1. The van der Waals surface area contributed by atoms with Gasteiger partial charge in [-0.1, -0.05) is 30.3 Å². The van der Waals surface area contributed by atoms with Crippen molar-refractivity contribution in [3.63, 3.8) is 0 Å². The van der Waals surface area contributed by atoms with Crippen LogP contribution < -0.4 is 0 Å². The number of aliphatic hydroxyl groups excluding tert-OH is 1. The summed E-state index contributed by atoms with van der Waals surface area (Å²) in [7, 11) is 1.79. The SMILES string of the molecule is COC1CCN(C2CC(c3ccccc3)CCC2O)C1. The van der Waals surface area contributed by atoms with Crippen molar-refractivity contribution in [3.8, 4) is 0 Å². The molecule has 0 spiro atoms. The third-order valence-corrected chi connectivity index (χ3v) is 5.03. The Balaban J connectivity index is 1.68. The number of hydrogen-bond acceptors (Lipinski definition) is 3. The Labute approximate surface area is 121 Å². The molecule has 1 aromatic carbocycles. The summed E-state index contributed by atoms with van der Waals surface area (Å²) >= 11 is 0. The molecule has 1 N–H and O–H groups in total. The maximum atomic E-state index is 10.4. The van der Waals surface area contributed by atoms with E-state index in [4.69, 9.17) is 4.74 Å². The Bertz CT molecular complexity index is 422.